The summed E-state index contributed by atoms with van der Waals surface area (Å²) in [5, 5.41) is 0. The fraction of sp³-hybridized carbons (Fsp3) is 0.958. The lowest BCUT2D eigenvalue weighted by atomic mass is 9.78. The average Bonchev–Trinajstić information content (AvgIpc) is 2.58. The Morgan fingerprint density at radius 3 is 1.58 bits per heavy atom. The normalized spacial score (nSPS) is 14.5. The van der Waals surface area contributed by atoms with Crippen LogP contribution in [0.5, 0.6) is 0 Å². The van der Waals surface area contributed by atoms with Crippen LogP contribution < -0.4 is 0 Å². The van der Waals surface area contributed by atoms with Crippen molar-refractivity contribution in [2.24, 2.45) is 23.7 Å². The van der Waals surface area contributed by atoms with Gasteiger partial charge in [-0.3, -0.25) is 0 Å². The molecule has 0 aromatic heterocycles. The molecule has 0 N–H and O–H groups in total. The molecule has 0 aliphatic rings. The van der Waals surface area contributed by atoms with E-state index in [0.29, 0.717) is 0 Å². The molecule has 24 heavy (non-hydrogen) atoms. The van der Waals surface area contributed by atoms with Gasteiger partial charge in [-0.2, -0.15) is 0 Å². The largest absolute Gasteiger partial charge is 0.0654 e. The molecule has 1 radical (unpaired) electrons. The molecule has 0 spiro atoms. The molecule has 0 bridgehead atoms. The molecule has 0 amide bonds. The first-order valence-electron chi connectivity index (χ1n) is 11.4. The summed E-state index contributed by atoms with van der Waals surface area (Å²) < 4.78 is 0. The van der Waals surface area contributed by atoms with Crippen molar-refractivity contribution in [2.45, 2.75) is 125 Å². The molecule has 0 aliphatic heterocycles. The number of hydrogen-bond donors (Lipinski definition) is 0. The van der Waals surface area contributed by atoms with Gasteiger partial charge >= 0.3 is 0 Å². The predicted molar refractivity (Wildman–Crippen MR) is 112 cm³/mol. The van der Waals surface area contributed by atoms with Gasteiger partial charge in [0.2, 0.25) is 0 Å². The Bertz CT molecular complexity index is 238. The van der Waals surface area contributed by atoms with Gasteiger partial charge in [0.05, 0.1) is 0 Å². The molecule has 0 rings (SSSR count). The molecular weight excluding hydrogens is 288 g/mol. The van der Waals surface area contributed by atoms with E-state index >= 15 is 0 Å². The molecule has 0 nitrogen and oxygen atoms in total. The minimum atomic E-state index is 0.814. The summed E-state index contributed by atoms with van der Waals surface area (Å²) in [5.41, 5.74) is 0. The zero-order valence-corrected chi connectivity index (χ0v) is 18.1. The lowest BCUT2D eigenvalue weighted by Gasteiger charge is -2.27. The summed E-state index contributed by atoms with van der Waals surface area (Å²) >= 11 is 0. The van der Waals surface area contributed by atoms with Gasteiger partial charge in [-0.05, 0) is 42.9 Å². The van der Waals surface area contributed by atoms with E-state index in [-0.39, 0.29) is 0 Å². The monoisotopic (exact) mass is 337 g/mol. The minimum Gasteiger partial charge on any atom is -0.0654 e. The number of unbranched alkanes of at least 4 members (excludes halogenated alkanes) is 7. The van der Waals surface area contributed by atoms with E-state index in [9.17, 15) is 0 Å². The molecule has 0 aliphatic carbocycles. The van der Waals surface area contributed by atoms with Crippen LogP contribution in [0.15, 0.2) is 0 Å². The zero-order valence-electron chi connectivity index (χ0n) is 18.1. The van der Waals surface area contributed by atoms with E-state index in [0.717, 1.165) is 23.7 Å². The first-order chi connectivity index (χ1) is 11.6. The van der Waals surface area contributed by atoms with E-state index in [1.54, 1.807) is 0 Å². The maximum Gasteiger partial charge on any atom is -0.0349 e. The van der Waals surface area contributed by atoms with Crippen LogP contribution in [0, 0.1) is 30.1 Å². The SMILES string of the molecule is CCCCCCCCCCC([CH]CC(CC)C(CC)CC)C(C)C. The highest BCUT2D eigenvalue weighted by Gasteiger charge is 2.20. The van der Waals surface area contributed by atoms with Crippen LogP contribution in [0.4, 0.5) is 0 Å². The molecule has 0 heteroatoms. The Hall–Kier alpha value is 0. The summed E-state index contributed by atoms with van der Waals surface area (Å²) in [7, 11) is 0. The fourth-order valence-corrected chi connectivity index (χ4v) is 4.23. The quantitative estimate of drug-likeness (QED) is 0.232. The lowest BCUT2D eigenvalue weighted by molar-refractivity contribution is 0.278. The van der Waals surface area contributed by atoms with Crippen molar-refractivity contribution < 1.29 is 0 Å². The maximum absolute atomic E-state index is 2.71. The van der Waals surface area contributed by atoms with Crippen molar-refractivity contribution in [1.82, 2.24) is 0 Å². The van der Waals surface area contributed by atoms with Crippen LogP contribution in [0.2, 0.25) is 0 Å². The topological polar surface area (TPSA) is 0 Å². The Morgan fingerprint density at radius 1 is 0.625 bits per heavy atom. The summed E-state index contributed by atoms with van der Waals surface area (Å²) in [5.74, 6) is 3.50. The Morgan fingerprint density at radius 2 is 1.12 bits per heavy atom. The van der Waals surface area contributed by atoms with Gasteiger partial charge in [0.25, 0.3) is 0 Å². The van der Waals surface area contributed by atoms with Crippen LogP contribution in [0.1, 0.15) is 125 Å². The second-order valence-corrected chi connectivity index (χ2v) is 8.39. The van der Waals surface area contributed by atoms with Crippen molar-refractivity contribution in [3.8, 4) is 0 Å². The van der Waals surface area contributed by atoms with Crippen molar-refractivity contribution in [2.75, 3.05) is 0 Å². The third-order valence-electron chi connectivity index (χ3n) is 6.23. The van der Waals surface area contributed by atoms with Crippen LogP contribution in [-0.2, 0) is 0 Å². The second kappa shape index (κ2) is 16.5. The van der Waals surface area contributed by atoms with Gasteiger partial charge in [0.15, 0.2) is 0 Å². The number of rotatable bonds is 17. The maximum atomic E-state index is 2.71. The van der Waals surface area contributed by atoms with Gasteiger partial charge < -0.3 is 0 Å². The molecule has 2 unspecified atom stereocenters. The van der Waals surface area contributed by atoms with Gasteiger partial charge in [-0.1, -0.05) is 112 Å². The van der Waals surface area contributed by atoms with Crippen LogP contribution in [0.3, 0.4) is 0 Å². The summed E-state index contributed by atoms with van der Waals surface area (Å²) in [6.07, 6.45) is 21.1. The standard InChI is InChI=1S/C24H49/c1-7-11-12-13-14-15-16-17-18-24(21(5)6)20-19-23(10-4)22(8-2)9-3/h20-24H,7-19H2,1-6H3. The van der Waals surface area contributed by atoms with Crippen molar-refractivity contribution in [1.29, 1.82) is 0 Å². The minimum absolute atomic E-state index is 0.814. The van der Waals surface area contributed by atoms with E-state index in [1.165, 1.54) is 83.5 Å². The molecule has 0 saturated heterocycles. The van der Waals surface area contributed by atoms with Crippen molar-refractivity contribution in [3.63, 3.8) is 0 Å². The smallest absolute Gasteiger partial charge is 0.0349 e. The van der Waals surface area contributed by atoms with Crippen LogP contribution in [-0.4, -0.2) is 0 Å². The van der Waals surface area contributed by atoms with E-state index in [2.05, 4.69) is 48.0 Å². The lowest BCUT2D eigenvalue weighted by Crippen LogP contribution is -2.17. The van der Waals surface area contributed by atoms with Crippen LogP contribution in [0.25, 0.3) is 0 Å². The third-order valence-corrected chi connectivity index (χ3v) is 6.23. The molecule has 0 aromatic carbocycles. The molecule has 2 atom stereocenters. The summed E-state index contributed by atoms with van der Waals surface area (Å²) in [6, 6.07) is 0. The highest BCUT2D eigenvalue weighted by atomic mass is 14.3. The first kappa shape index (κ1) is 24.0. The molecular formula is C24H49. The van der Waals surface area contributed by atoms with Gasteiger partial charge in [-0.15, -0.1) is 0 Å². The Labute approximate surface area is 155 Å². The summed E-state index contributed by atoms with van der Waals surface area (Å²) in [6.45, 7) is 14.3. The molecule has 145 valence electrons. The Kier molecular flexibility index (Phi) is 16.5. The predicted octanol–water partition coefficient (Wildman–Crippen LogP) is 8.85. The molecule has 0 aromatic rings. The van der Waals surface area contributed by atoms with E-state index < -0.39 is 0 Å². The number of hydrogen-bond acceptors (Lipinski definition) is 0. The molecule has 0 fully saturated rings. The highest BCUT2D eigenvalue weighted by molar-refractivity contribution is 4.83. The van der Waals surface area contributed by atoms with E-state index in [1.807, 2.05) is 0 Å². The van der Waals surface area contributed by atoms with Crippen molar-refractivity contribution >= 4 is 0 Å². The molecule has 0 heterocycles. The summed E-state index contributed by atoms with van der Waals surface area (Å²) in [4.78, 5) is 0. The first-order valence-corrected chi connectivity index (χ1v) is 11.4. The van der Waals surface area contributed by atoms with E-state index in [4.69, 9.17) is 0 Å². The van der Waals surface area contributed by atoms with Gasteiger partial charge in [0.1, 0.15) is 0 Å². The molecule has 0 saturated carbocycles. The zero-order chi connectivity index (χ0) is 18.2. The fourth-order valence-electron chi connectivity index (χ4n) is 4.23. The second-order valence-electron chi connectivity index (χ2n) is 8.39. The van der Waals surface area contributed by atoms with Crippen molar-refractivity contribution in [3.05, 3.63) is 6.42 Å². The third kappa shape index (κ3) is 11.5. The Balaban J connectivity index is 3.96. The average molecular weight is 338 g/mol. The van der Waals surface area contributed by atoms with Gasteiger partial charge in [0, 0.05) is 0 Å². The van der Waals surface area contributed by atoms with Gasteiger partial charge in [-0.25, -0.2) is 0 Å². The van der Waals surface area contributed by atoms with Crippen LogP contribution >= 0.6 is 0 Å². The highest BCUT2D eigenvalue weighted by Crippen LogP contribution is 2.31.